The van der Waals surface area contributed by atoms with E-state index in [1.807, 2.05) is 6.92 Å². The molecule has 0 radical (unpaired) electrons. The quantitative estimate of drug-likeness (QED) is 0.405. The molecule has 0 unspecified atom stereocenters. The Morgan fingerprint density at radius 3 is 2.92 bits per heavy atom. The van der Waals surface area contributed by atoms with Crippen LogP contribution in [0, 0.1) is 17.8 Å². The number of hydrogen-bond donors (Lipinski definition) is 0. The third-order valence-electron chi connectivity index (χ3n) is 3.05. The summed E-state index contributed by atoms with van der Waals surface area (Å²) in [5.41, 5.74) is 0. The van der Waals surface area contributed by atoms with Crippen molar-refractivity contribution in [2.24, 2.45) is 17.8 Å². The van der Waals surface area contributed by atoms with Crippen LogP contribution in [-0.2, 0) is 9.53 Å². The Kier molecular flexibility index (Phi) is 1.71. The minimum absolute atomic E-state index is 0.00403. The molecule has 1 saturated heterocycles. The maximum Gasteiger partial charge on any atom is 0.310 e. The van der Waals surface area contributed by atoms with Crippen LogP contribution in [-0.4, -0.2) is 12.1 Å². The molecule has 2 heteroatoms. The smallest absolute Gasteiger partial charge is 0.310 e. The highest BCUT2D eigenvalue weighted by molar-refractivity contribution is 5.76. The molecular formula is C10H14O2. The van der Waals surface area contributed by atoms with Crippen LogP contribution in [0.4, 0.5) is 0 Å². The molecule has 12 heavy (non-hydrogen) atoms. The molecule has 2 aliphatic rings. The summed E-state index contributed by atoms with van der Waals surface area (Å²) in [4.78, 5) is 11.4. The average molecular weight is 166 g/mol. The highest BCUT2D eigenvalue weighted by atomic mass is 16.6. The van der Waals surface area contributed by atoms with Gasteiger partial charge in [-0.25, -0.2) is 0 Å². The Morgan fingerprint density at radius 1 is 1.50 bits per heavy atom. The van der Waals surface area contributed by atoms with E-state index in [0.717, 1.165) is 6.42 Å². The molecule has 0 aromatic heterocycles. The fourth-order valence-electron chi connectivity index (χ4n) is 2.33. The number of ether oxygens (including phenoxy) is 1. The standard InChI is InChI=1S/C10H14O2/c1-6-4-3-5-8-7(2)12-10(11)9(6)8/h3-4,6-9H,5H2,1-2H3/t6-,7+,8+,9+/m1/s1. The largest absolute Gasteiger partial charge is 0.462 e. The van der Waals surface area contributed by atoms with E-state index in [1.165, 1.54) is 0 Å². The molecule has 66 valence electrons. The van der Waals surface area contributed by atoms with Crippen molar-refractivity contribution in [1.29, 1.82) is 0 Å². The van der Waals surface area contributed by atoms with Crippen LogP contribution < -0.4 is 0 Å². The van der Waals surface area contributed by atoms with Gasteiger partial charge in [0.15, 0.2) is 0 Å². The van der Waals surface area contributed by atoms with Crippen molar-refractivity contribution >= 4 is 5.97 Å². The number of allylic oxidation sites excluding steroid dienone is 2. The molecule has 0 saturated carbocycles. The molecule has 0 bridgehead atoms. The van der Waals surface area contributed by atoms with Gasteiger partial charge in [-0.3, -0.25) is 4.79 Å². The summed E-state index contributed by atoms with van der Waals surface area (Å²) < 4.78 is 5.20. The van der Waals surface area contributed by atoms with Crippen molar-refractivity contribution in [2.75, 3.05) is 0 Å². The molecule has 1 aliphatic carbocycles. The minimum Gasteiger partial charge on any atom is -0.462 e. The second kappa shape index (κ2) is 2.61. The van der Waals surface area contributed by atoms with Crippen LogP contribution in [0.3, 0.4) is 0 Å². The number of fused-ring (bicyclic) bond motifs is 1. The first kappa shape index (κ1) is 7.84. The van der Waals surface area contributed by atoms with Crippen LogP contribution in [0.5, 0.6) is 0 Å². The predicted octanol–water partition coefficient (Wildman–Crippen LogP) is 1.76. The van der Waals surface area contributed by atoms with Gasteiger partial charge in [-0.15, -0.1) is 0 Å². The number of esters is 1. The lowest BCUT2D eigenvalue weighted by Crippen LogP contribution is -2.26. The highest BCUT2D eigenvalue weighted by Crippen LogP contribution is 2.39. The molecule has 0 spiro atoms. The third kappa shape index (κ3) is 0.977. The fourth-order valence-corrected chi connectivity index (χ4v) is 2.33. The Hall–Kier alpha value is -0.790. The van der Waals surface area contributed by atoms with E-state index in [1.54, 1.807) is 0 Å². The van der Waals surface area contributed by atoms with E-state index in [-0.39, 0.29) is 18.0 Å². The van der Waals surface area contributed by atoms with Gasteiger partial charge >= 0.3 is 5.97 Å². The minimum atomic E-state index is 0.00403. The molecule has 0 aromatic rings. The Labute approximate surface area is 72.6 Å². The second-order valence-electron chi connectivity index (χ2n) is 3.85. The molecular weight excluding hydrogens is 152 g/mol. The van der Waals surface area contributed by atoms with E-state index in [4.69, 9.17) is 4.74 Å². The van der Waals surface area contributed by atoms with Crippen molar-refractivity contribution < 1.29 is 9.53 Å². The summed E-state index contributed by atoms with van der Waals surface area (Å²) in [5, 5.41) is 0. The maximum absolute atomic E-state index is 11.4. The van der Waals surface area contributed by atoms with E-state index in [9.17, 15) is 4.79 Å². The number of carbonyl (C=O) groups is 1. The van der Waals surface area contributed by atoms with Crippen LogP contribution >= 0.6 is 0 Å². The summed E-state index contributed by atoms with van der Waals surface area (Å²) in [6, 6.07) is 0. The van der Waals surface area contributed by atoms with Crippen molar-refractivity contribution in [1.82, 2.24) is 0 Å². The maximum atomic E-state index is 11.4. The zero-order chi connectivity index (χ0) is 8.72. The number of rotatable bonds is 0. The molecule has 4 atom stereocenters. The summed E-state index contributed by atoms with van der Waals surface area (Å²) in [7, 11) is 0. The van der Waals surface area contributed by atoms with E-state index < -0.39 is 0 Å². The molecule has 0 aromatic carbocycles. The van der Waals surface area contributed by atoms with Gasteiger partial charge in [-0.05, 0) is 19.3 Å². The average Bonchev–Trinajstić information content (AvgIpc) is 2.29. The van der Waals surface area contributed by atoms with Crippen molar-refractivity contribution in [3.63, 3.8) is 0 Å². The number of cyclic esters (lactones) is 1. The van der Waals surface area contributed by atoms with Gasteiger partial charge in [0.05, 0.1) is 5.92 Å². The SMILES string of the molecule is C[C@@H]1C=CC[C@@H]2[C@H]1C(=O)O[C@H]2C. The Balaban J connectivity index is 2.26. The van der Waals surface area contributed by atoms with Crippen LogP contribution in [0.1, 0.15) is 20.3 Å². The Bertz CT molecular complexity index is 232. The number of hydrogen-bond acceptors (Lipinski definition) is 2. The Morgan fingerprint density at radius 2 is 2.25 bits per heavy atom. The van der Waals surface area contributed by atoms with Gasteiger partial charge in [0.25, 0.3) is 0 Å². The summed E-state index contributed by atoms with van der Waals surface area (Å²) in [6.07, 6.45) is 5.42. The molecule has 1 aliphatic heterocycles. The van der Waals surface area contributed by atoms with E-state index in [2.05, 4.69) is 19.1 Å². The first-order valence-corrected chi connectivity index (χ1v) is 4.57. The van der Waals surface area contributed by atoms with E-state index >= 15 is 0 Å². The number of carbonyl (C=O) groups excluding carboxylic acids is 1. The zero-order valence-electron chi connectivity index (χ0n) is 7.49. The highest BCUT2D eigenvalue weighted by Gasteiger charge is 2.45. The van der Waals surface area contributed by atoms with Crippen molar-refractivity contribution in [3.8, 4) is 0 Å². The summed E-state index contributed by atoms with van der Waals surface area (Å²) >= 11 is 0. The lowest BCUT2D eigenvalue weighted by Gasteiger charge is -2.24. The predicted molar refractivity (Wildman–Crippen MR) is 45.5 cm³/mol. The second-order valence-corrected chi connectivity index (χ2v) is 3.85. The molecule has 2 nitrogen and oxygen atoms in total. The molecule has 0 N–H and O–H groups in total. The van der Waals surface area contributed by atoms with Crippen LogP contribution in [0.15, 0.2) is 12.2 Å². The molecule has 1 fully saturated rings. The lowest BCUT2D eigenvalue weighted by molar-refractivity contribution is -0.144. The van der Waals surface area contributed by atoms with Crippen molar-refractivity contribution in [2.45, 2.75) is 26.4 Å². The van der Waals surface area contributed by atoms with E-state index in [0.29, 0.717) is 11.8 Å². The monoisotopic (exact) mass is 166 g/mol. The van der Waals surface area contributed by atoms with Gasteiger partial charge in [0.2, 0.25) is 0 Å². The van der Waals surface area contributed by atoms with Gasteiger partial charge in [0.1, 0.15) is 6.10 Å². The fraction of sp³-hybridized carbons (Fsp3) is 0.700. The third-order valence-corrected chi connectivity index (χ3v) is 3.05. The van der Waals surface area contributed by atoms with Gasteiger partial charge in [-0.1, -0.05) is 19.1 Å². The topological polar surface area (TPSA) is 26.3 Å². The van der Waals surface area contributed by atoms with Crippen LogP contribution in [0.2, 0.25) is 0 Å². The molecule has 2 rings (SSSR count). The van der Waals surface area contributed by atoms with Gasteiger partial charge in [-0.2, -0.15) is 0 Å². The first-order valence-electron chi connectivity index (χ1n) is 4.57. The lowest BCUT2D eigenvalue weighted by atomic mass is 9.76. The van der Waals surface area contributed by atoms with Crippen LogP contribution in [0.25, 0.3) is 0 Å². The summed E-state index contributed by atoms with van der Waals surface area (Å²) in [6.45, 7) is 4.08. The first-order chi connectivity index (χ1) is 5.70. The zero-order valence-corrected chi connectivity index (χ0v) is 7.49. The summed E-state index contributed by atoms with van der Waals surface area (Å²) in [5.74, 6) is 0.924. The van der Waals surface area contributed by atoms with Gasteiger partial charge < -0.3 is 4.74 Å². The molecule has 0 amide bonds. The van der Waals surface area contributed by atoms with Crippen molar-refractivity contribution in [3.05, 3.63) is 12.2 Å². The molecule has 1 heterocycles. The van der Waals surface area contributed by atoms with Gasteiger partial charge in [0, 0.05) is 5.92 Å². The normalized spacial score (nSPS) is 45.7.